The van der Waals surface area contributed by atoms with Crippen molar-refractivity contribution in [2.75, 3.05) is 29.9 Å². The number of aromatic amines is 1. The highest BCUT2D eigenvalue weighted by atomic mass is 19.1. The lowest BCUT2D eigenvalue weighted by molar-refractivity contribution is -0.115. The van der Waals surface area contributed by atoms with Crippen molar-refractivity contribution in [3.05, 3.63) is 66.4 Å². The Kier molecular flexibility index (Phi) is 6.19. The van der Waals surface area contributed by atoms with Crippen LogP contribution in [0.5, 0.6) is 0 Å². The molecule has 1 amide bonds. The molecule has 9 nitrogen and oxygen atoms in total. The number of halogens is 1. The molecule has 1 saturated heterocycles. The Hall–Kier alpha value is -4.18. The molecule has 2 aromatic heterocycles. The van der Waals surface area contributed by atoms with E-state index in [0.717, 1.165) is 30.5 Å². The van der Waals surface area contributed by atoms with Crippen LogP contribution in [0, 0.1) is 5.82 Å². The second kappa shape index (κ2) is 9.59. The van der Waals surface area contributed by atoms with Crippen LogP contribution in [-0.2, 0) is 4.79 Å². The molecule has 5 rings (SSSR count). The Morgan fingerprint density at radius 3 is 2.66 bits per heavy atom. The minimum absolute atomic E-state index is 0.0665. The van der Waals surface area contributed by atoms with Gasteiger partial charge in [-0.1, -0.05) is 0 Å². The highest BCUT2D eigenvalue weighted by molar-refractivity contribution is 6.03. The second-order valence-electron chi connectivity index (χ2n) is 8.52. The molecule has 1 aliphatic rings. The zero-order valence-electron chi connectivity index (χ0n) is 19.1. The van der Waals surface area contributed by atoms with Gasteiger partial charge in [0.2, 0.25) is 5.95 Å². The number of carbonyl (C=O) groups excluding carboxylic acids is 2. The number of imidazole rings is 1. The van der Waals surface area contributed by atoms with Crippen LogP contribution in [0.2, 0.25) is 0 Å². The zero-order valence-corrected chi connectivity index (χ0v) is 19.1. The largest absolute Gasteiger partial charge is 0.331 e. The molecule has 1 atom stereocenters. The molecule has 0 bridgehead atoms. The van der Waals surface area contributed by atoms with Crippen LogP contribution in [0.15, 0.2) is 54.9 Å². The van der Waals surface area contributed by atoms with Crippen LogP contribution < -0.4 is 15.5 Å². The van der Waals surface area contributed by atoms with Crippen molar-refractivity contribution in [1.82, 2.24) is 25.3 Å². The Labute approximate surface area is 200 Å². The van der Waals surface area contributed by atoms with Gasteiger partial charge in [0.1, 0.15) is 17.3 Å². The summed E-state index contributed by atoms with van der Waals surface area (Å²) in [5.74, 6) is -0.0369. The molecule has 0 spiro atoms. The van der Waals surface area contributed by atoms with E-state index in [4.69, 9.17) is 0 Å². The third-order valence-corrected chi connectivity index (χ3v) is 5.89. The first-order valence-electron chi connectivity index (χ1n) is 11.3. The number of fused-ring (bicyclic) bond motifs is 1. The second-order valence-corrected chi connectivity index (χ2v) is 8.52. The zero-order chi connectivity index (χ0) is 24.4. The van der Waals surface area contributed by atoms with E-state index in [1.165, 1.54) is 24.5 Å². The summed E-state index contributed by atoms with van der Waals surface area (Å²) in [6, 6.07) is 11.5. The van der Waals surface area contributed by atoms with Gasteiger partial charge in [-0.2, -0.15) is 0 Å². The number of amides is 1. The van der Waals surface area contributed by atoms with E-state index in [9.17, 15) is 14.0 Å². The molecule has 35 heavy (non-hydrogen) atoms. The Morgan fingerprint density at radius 1 is 1.14 bits per heavy atom. The Balaban J connectivity index is 1.32. The summed E-state index contributed by atoms with van der Waals surface area (Å²) in [7, 11) is 0. The van der Waals surface area contributed by atoms with Gasteiger partial charge >= 0.3 is 0 Å². The minimum atomic E-state index is -0.405. The third kappa shape index (κ3) is 5.02. The molecule has 2 aromatic carbocycles. The number of benzene rings is 2. The molecule has 1 aliphatic heterocycles. The van der Waals surface area contributed by atoms with Crippen molar-refractivity contribution in [1.29, 1.82) is 0 Å². The van der Waals surface area contributed by atoms with Gasteiger partial charge in [-0.3, -0.25) is 14.6 Å². The topological polar surface area (TPSA) is 116 Å². The maximum atomic E-state index is 13.1. The van der Waals surface area contributed by atoms with E-state index in [-0.39, 0.29) is 29.9 Å². The average molecular weight is 474 g/mol. The van der Waals surface area contributed by atoms with Crippen molar-refractivity contribution in [3.8, 4) is 11.3 Å². The molecule has 3 heterocycles. The molecule has 1 unspecified atom stereocenters. The number of nitrogens with one attached hydrogen (secondary N) is 3. The maximum Gasteiger partial charge on any atom is 0.275 e. The Morgan fingerprint density at radius 2 is 1.97 bits per heavy atom. The van der Waals surface area contributed by atoms with Gasteiger partial charge in [-0.05, 0) is 62.4 Å². The first-order chi connectivity index (χ1) is 17.0. The molecule has 1 fully saturated rings. The first-order valence-corrected chi connectivity index (χ1v) is 11.3. The maximum absolute atomic E-state index is 13.1. The Bertz CT molecular complexity index is 1360. The summed E-state index contributed by atoms with van der Waals surface area (Å²) in [4.78, 5) is 43.0. The van der Waals surface area contributed by atoms with Crippen molar-refractivity contribution >= 4 is 34.4 Å². The lowest BCUT2D eigenvalue weighted by Gasteiger charge is -2.26. The van der Waals surface area contributed by atoms with Gasteiger partial charge in [0.25, 0.3) is 5.91 Å². The minimum Gasteiger partial charge on any atom is -0.331 e. The fraction of sp³-hybridized carbons (Fsp3) is 0.240. The van der Waals surface area contributed by atoms with Crippen LogP contribution >= 0.6 is 0 Å². The van der Waals surface area contributed by atoms with Crippen LogP contribution in [0.4, 0.5) is 16.0 Å². The molecule has 4 aromatic rings. The molecule has 0 radical (unpaired) electrons. The fourth-order valence-electron chi connectivity index (χ4n) is 4.14. The van der Waals surface area contributed by atoms with E-state index < -0.39 is 5.91 Å². The molecule has 0 saturated carbocycles. The number of hydrogen-bond acceptors (Lipinski definition) is 7. The normalized spacial score (nSPS) is 15.3. The molecule has 178 valence electrons. The summed E-state index contributed by atoms with van der Waals surface area (Å²) in [6.07, 6.45) is 3.80. The molecule has 10 heteroatoms. The highest BCUT2D eigenvalue weighted by Crippen LogP contribution is 2.24. The number of rotatable bonds is 7. The monoisotopic (exact) mass is 473 g/mol. The molecular formula is C25H24FN7O2. The molecular weight excluding hydrogens is 449 g/mol. The quantitative estimate of drug-likeness (QED) is 0.378. The van der Waals surface area contributed by atoms with E-state index in [0.29, 0.717) is 22.9 Å². The standard InChI is InChI=1S/C25H24FN7O2/c1-15(34)14-33(19-8-9-27-11-19)25-31-20-7-6-18(10-21(20)32-25)30-24(35)23-13-28-22(12-29-23)16-2-4-17(26)5-3-16/h2-7,10,12-13,19,27H,8-9,11,14H2,1H3,(H,30,35)(H,31,32). The fourth-order valence-corrected chi connectivity index (χ4v) is 4.14. The SMILES string of the molecule is CC(=O)CN(c1nc2ccc(NC(=O)c3cnc(-c4ccc(F)cc4)cn3)cc2[nH]1)C1CCNC1. The van der Waals surface area contributed by atoms with Crippen LogP contribution in [0.3, 0.4) is 0 Å². The predicted molar refractivity (Wildman–Crippen MR) is 131 cm³/mol. The summed E-state index contributed by atoms with van der Waals surface area (Å²) in [5.41, 5.74) is 3.46. The smallest absolute Gasteiger partial charge is 0.275 e. The van der Waals surface area contributed by atoms with E-state index in [1.54, 1.807) is 31.2 Å². The van der Waals surface area contributed by atoms with Crippen molar-refractivity contribution < 1.29 is 14.0 Å². The van der Waals surface area contributed by atoms with Gasteiger partial charge < -0.3 is 20.5 Å². The number of H-pyrrole nitrogens is 1. The lowest BCUT2D eigenvalue weighted by atomic mass is 10.1. The van der Waals surface area contributed by atoms with Crippen LogP contribution in [-0.4, -0.2) is 57.3 Å². The van der Waals surface area contributed by atoms with Crippen molar-refractivity contribution in [2.45, 2.75) is 19.4 Å². The summed E-state index contributed by atoms with van der Waals surface area (Å²) in [6.45, 7) is 3.55. The number of Topliss-reactive ketones (excluding diaryl/α,β-unsaturated/α-hetero) is 1. The number of anilines is 2. The number of carbonyl (C=O) groups is 2. The number of ketones is 1. The molecule has 0 aliphatic carbocycles. The predicted octanol–water partition coefficient (Wildman–Crippen LogP) is 3.17. The van der Waals surface area contributed by atoms with Gasteiger partial charge in [0, 0.05) is 23.8 Å². The van der Waals surface area contributed by atoms with Crippen molar-refractivity contribution in [2.24, 2.45) is 0 Å². The van der Waals surface area contributed by atoms with Gasteiger partial charge in [-0.15, -0.1) is 0 Å². The van der Waals surface area contributed by atoms with E-state index in [2.05, 4.69) is 30.6 Å². The number of aromatic nitrogens is 4. The first kappa shape index (κ1) is 22.6. The van der Waals surface area contributed by atoms with Gasteiger partial charge in [-0.25, -0.2) is 14.4 Å². The van der Waals surface area contributed by atoms with Crippen molar-refractivity contribution in [3.63, 3.8) is 0 Å². The van der Waals surface area contributed by atoms with Gasteiger partial charge in [0.15, 0.2) is 0 Å². The summed E-state index contributed by atoms with van der Waals surface area (Å²) < 4.78 is 13.1. The van der Waals surface area contributed by atoms with Crippen LogP contribution in [0.25, 0.3) is 22.3 Å². The van der Waals surface area contributed by atoms with E-state index >= 15 is 0 Å². The summed E-state index contributed by atoms with van der Waals surface area (Å²) in [5, 5.41) is 6.15. The number of nitrogens with zero attached hydrogens (tertiary/aromatic N) is 4. The van der Waals surface area contributed by atoms with Gasteiger partial charge in [0.05, 0.1) is 35.7 Å². The lowest BCUT2D eigenvalue weighted by Crippen LogP contribution is -2.40. The summed E-state index contributed by atoms with van der Waals surface area (Å²) >= 11 is 0. The third-order valence-electron chi connectivity index (χ3n) is 5.89. The van der Waals surface area contributed by atoms with E-state index in [1.807, 2.05) is 11.0 Å². The van der Waals surface area contributed by atoms with Crippen LogP contribution in [0.1, 0.15) is 23.8 Å². The highest BCUT2D eigenvalue weighted by Gasteiger charge is 2.26. The molecule has 3 N–H and O–H groups in total. The number of hydrogen-bond donors (Lipinski definition) is 3. The average Bonchev–Trinajstić information content (AvgIpc) is 3.53.